The monoisotopic (exact) mass is 393 g/mol. The minimum absolute atomic E-state index is 0.141. The number of halogens is 1. The molecule has 2 amide bonds. The SMILES string of the molecule is CCC(CC)(CN)C(=O)Nc1ccc(Cl)c(C(=O)NCc2cccs2)c1. The van der Waals surface area contributed by atoms with Crippen molar-refractivity contribution in [1.29, 1.82) is 0 Å². The van der Waals surface area contributed by atoms with Crippen molar-refractivity contribution in [3.8, 4) is 0 Å². The number of carbonyl (C=O) groups excluding carboxylic acids is 2. The Labute approximate surface area is 162 Å². The van der Waals surface area contributed by atoms with Crippen LogP contribution in [0, 0.1) is 5.41 Å². The van der Waals surface area contributed by atoms with Gasteiger partial charge in [-0.25, -0.2) is 0 Å². The third-order valence-corrected chi connectivity index (χ3v) is 5.90. The first-order chi connectivity index (χ1) is 12.5. The molecule has 0 saturated heterocycles. The molecule has 26 heavy (non-hydrogen) atoms. The van der Waals surface area contributed by atoms with Gasteiger partial charge in [0.1, 0.15) is 0 Å². The Balaban J connectivity index is 2.13. The van der Waals surface area contributed by atoms with Gasteiger partial charge in [-0.1, -0.05) is 31.5 Å². The maximum Gasteiger partial charge on any atom is 0.253 e. The van der Waals surface area contributed by atoms with Crippen LogP contribution in [0.1, 0.15) is 41.9 Å². The van der Waals surface area contributed by atoms with Gasteiger partial charge in [0, 0.05) is 17.1 Å². The number of anilines is 1. The largest absolute Gasteiger partial charge is 0.347 e. The van der Waals surface area contributed by atoms with E-state index >= 15 is 0 Å². The summed E-state index contributed by atoms with van der Waals surface area (Å²) in [5, 5.41) is 8.00. The molecule has 1 heterocycles. The van der Waals surface area contributed by atoms with Gasteiger partial charge in [-0.3, -0.25) is 9.59 Å². The van der Waals surface area contributed by atoms with Crippen molar-refractivity contribution >= 4 is 40.4 Å². The first-order valence-electron chi connectivity index (χ1n) is 8.57. The topological polar surface area (TPSA) is 84.2 Å². The molecule has 0 saturated carbocycles. The van der Waals surface area contributed by atoms with Crippen LogP contribution in [0.3, 0.4) is 0 Å². The summed E-state index contributed by atoms with van der Waals surface area (Å²) in [6.45, 7) is 4.60. The lowest BCUT2D eigenvalue weighted by Gasteiger charge is -2.28. The van der Waals surface area contributed by atoms with E-state index in [0.717, 1.165) is 4.88 Å². The van der Waals surface area contributed by atoms with Gasteiger partial charge in [0.2, 0.25) is 5.91 Å². The maximum atomic E-state index is 12.7. The predicted octanol–water partition coefficient (Wildman–Crippen LogP) is 4.04. The third-order valence-electron chi connectivity index (χ3n) is 4.70. The van der Waals surface area contributed by atoms with E-state index in [9.17, 15) is 9.59 Å². The molecule has 0 spiro atoms. The second kappa shape index (κ2) is 9.16. The van der Waals surface area contributed by atoms with Crippen LogP contribution in [0.25, 0.3) is 0 Å². The molecule has 0 aliphatic carbocycles. The minimum atomic E-state index is -0.610. The molecule has 2 aromatic rings. The lowest BCUT2D eigenvalue weighted by atomic mass is 9.81. The number of hydrogen-bond acceptors (Lipinski definition) is 4. The van der Waals surface area contributed by atoms with Gasteiger partial charge in [0.25, 0.3) is 5.91 Å². The summed E-state index contributed by atoms with van der Waals surface area (Å²) in [5.41, 5.74) is 6.07. The van der Waals surface area contributed by atoms with Crippen molar-refractivity contribution in [2.45, 2.75) is 33.2 Å². The Morgan fingerprint density at radius 1 is 1.23 bits per heavy atom. The molecular formula is C19H24ClN3O2S. The molecule has 7 heteroatoms. The van der Waals surface area contributed by atoms with Crippen LogP contribution in [0.2, 0.25) is 5.02 Å². The number of rotatable bonds is 8. The van der Waals surface area contributed by atoms with E-state index < -0.39 is 5.41 Å². The molecule has 0 bridgehead atoms. The lowest BCUT2D eigenvalue weighted by Crippen LogP contribution is -2.41. The molecule has 4 N–H and O–H groups in total. The zero-order valence-electron chi connectivity index (χ0n) is 15.0. The summed E-state index contributed by atoms with van der Waals surface area (Å²) < 4.78 is 0. The van der Waals surface area contributed by atoms with Crippen LogP contribution in [0.4, 0.5) is 5.69 Å². The highest BCUT2D eigenvalue weighted by Gasteiger charge is 2.33. The fourth-order valence-corrected chi connectivity index (χ4v) is 3.52. The molecule has 0 aliphatic heterocycles. The summed E-state index contributed by atoms with van der Waals surface area (Å²) in [4.78, 5) is 26.1. The Hall–Kier alpha value is -1.89. The van der Waals surface area contributed by atoms with E-state index in [1.54, 1.807) is 29.5 Å². The van der Waals surface area contributed by atoms with Crippen molar-refractivity contribution in [3.05, 3.63) is 51.2 Å². The van der Waals surface area contributed by atoms with E-state index in [4.69, 9.17) is 17.3 Å². The average molecular weight is 394 g/mol. The standard InChI is InChI=1S/C19H24ClN3O2S/c1-3-19(4-2,12-21)18(25)23-13-7-8-16(20)15(10-13)17(24)22-11-14-6-5-9-26-14/h5-10H,3-4,11-12,21H2,1-2H3,(H,22,24)(H,23,25). The lowest BCUT2D eigenvalue weighted by molar-refractivity contribution is -0.125. The summed E-state index contributed by atoms with van der Waals surface area (Å²) in [7, 11) is 0. The number of thiophene rings is 1. The van der Waals surface area contributed by atoms with E-state index in [1.165, 1.54) is 0 Å². The summed E-state index contributed by atoms with van der Waals surface area (Å²) in [6.07, 6.45) is 1.29. The Morgan fingerprint density at radius 3 is 2.54 bits per heavy atom. The van der Waals surface area contributed by atoms with Gasteiger partial charge < -0.3 is 16.4 Å². The second-order valence-electron chi connectivity index (χ2n) is 6.10. The number of hydrogen-bond donors (Lipinski definition) is 3. The minimum Gasteiger partial charge on any atom is -0.347 e. The van der Waals surface area contributed by atoms with Gasteiger partial charge in [-0.15, -0.1) is 11.3 Å². The van der Waals surface area contributed by atoms with Gasteiger partial charge in [-0.05, 0) is 42.5 Å². The van der Waals surface area contributed by atoms with E-state index in [0.29, 0.717) is 35.7 Å². The van der Waals surface area contributed by atoms with Crippen LogP contribution in [0.15, 0.2) is 35.7 Å². The van der Waals surface area contributed by atoms with Crippen molar-refractivity contribution in [1.82, 2.24) is 5.32 Å². The molecule has 0 aliphatic rings. The molecule has 0 radical (unpaired) electrons. The van der Waals surface area contributed by atoms with E-state index in [1.807, 2.05) is 31.4 Å². The zero-order valence-corrected chi connectivity index (χ0v) is 16.5. The summed E-state index contributed by atoms with van der Waals surface area (Å²) in [5.74, 6) is -0.423. The van der Waals surface area contributed by atoms with Crippen molar-refractivity contribution in [2.24, 2.45) is 11.1 Å². The molecule has 140 valence electrons. The van der Waals surface area contributed by atoms with Crippen LogP contribution in [-0.2, 0) is 11.3 Å². The summed E-state index contributed by atoms with van der Waals surface area (Å²) >= 11 is 7.74. The predicted molar refractivity (Wildman–Crippen MR) is 108 cm³/mol. The van der Waals surface area contributed by atoms with Gasteiger partial charge >= 0.3 is 0 Å². The van der Waals surface area contributed by atoms with Crippen molar-refractivity contribution < 1.29 is 9.59 Å². The maximum absolute atomic E-state index is 12.7. The quantitative estimate of drug-likeness (QED) is 0.632. The Morgan fingerprint density at radius 2 is 1.96 bits per heavy atom. The first kappa shape index (κ1) is 20.4. The Kier molecular flexibility index (Phi) is 7.20. The third kappa shape index (κ3) is 4.63. The van der Waals surface area contributed by atoms with Crippen LogP contribution < -0.4 is 16.4 Å². The van der Waals surface area contributed by atoms with Crippen molar-refractivity contribution in [2.75, 3.05) is 11.9 Å². The summed E-state index contributed by atoms with van der Waals surface area (Å²) in [6, 6.07) is 8.77. The molecule has 2 rings (SSSR count). The molecule has 1 aromatic carbocycles. The van der Waals surface area contributed by atoms with Gasteiger partial charge in [0.15, 0.2) is 0 Å². The second-order valence-corrected chi connectivity index (χ2v) is 7.54. The van der Waals surface area contributed by atoms with Crippen LogP contribution >= 0.6 is 22.9 Å². The highest BCUT2D eigenvalue weighted by Crippen LogP contribution is 2.28. The fourth-order valence-electron chi connectivity index (χ4n) is 2.67. The van der Waals surface area contributed by atoms with Gasteiger partial charge in [0.05, 0.1) is 22.5 Å². The molecule has 1 aromatic heterocycles. The normalized spacial score (nSPS) is 11.2. The van der Waals surface area contributed by atoms with Gasteiger partial charge in [-0.2, -0.15) is 0 Å². The van der Waals surface area contributed by atoms with Crippen LogP contribution in [-0.4, -0.2) is 18.4 Å². The smallest absolute Gasteiger partial charge is 0.253 e. The fraction of sp³-hybridized carbons (Fsp3) is 0.368. The molecule has 0 atom stereocenters. The zero-order chi connectivity index (χ0) is 19.2. The molecule has 5 nitrogen and oxygen atoms in total. The highest BCUT2D eigenvalue weighted by atomic mass is 35.5. The number of amides is 2. The van der Waals surface area contributed by atoms with Crippen molar-refractivity contribution in [3.63, 3.8) is 0 Å². The van der Waals surface area contributed by atoms with E-state index in [2.05, 4.69) is 10.6 Å². The number of nitrogens with two attached hydrogens (primary N) is 1. The first-order valence-corrected chi connectivity index (χ1v) is 9.83. The molecule has 0 fully saturated rings. The molecular weight excluding hydrogens is 370 g/mol. The van der Waals surface area contributed by atoms with E-state index in [-0.39, 0.29) is 18.4 Å². The highest BCUT2D eigenvalue weighted by molar-refractivity contribution is 7.09. The molecule has 0 unspecified atom stereocenters. The Bertz CT molecular complexity index is 750. The number of nitrogens with one attached hydrogen (secondary N) is 2. The number of benzene rings is 1. The average Bonchev–Trinajstić information content (AvgIpc) is 3.17. The van der Waals surface area contributed by atoms with Crippen LogP contribution in [0.5, 0.6) is 0 Å². The number of carbonyl (C=O) groups is 2.